The molecule has 0 heterocycles. The summed E-state index contributed by atoms with van der Waals surface area (Å²) < 4.78 is 0. The Kier molecular flexibility index (Phi) is 5.16. The van der Waals surface area contributed by atoms with Crippen molar-refractivity contribution in [1.82, 2.24) is 5.32 Å². The number of benzene rings is 1. The lowest BCUT2D eigenvalue weighted by molar-refractivity contribution is -0.121. The molecule has 0 aliphatic carbocycles. The SMILES string of the molecule is CC[C@H](C)[C@H](NC(C)c1ccccc1)C(N)=O. The molecule has 0 aromatic heterocycles. The van der Waals surface area contributed by atoms with Crippen molar-refractivity contribution in [1.29, 1.82) is 0 Å². The molecule has 94 valence electrons. The van der Waals surface area contributed by atoms with Gasteiger partial charge in [-0.15, -0.1) is 0 Å². The standard InChI is InChI=1S/C14H22N2O/c1-4-10(2)13(14(15)17)16-11(3)12-8-6-5-7-9-12/h5-11,13,16H,4H2,1-3H3,(H2,15,17)/t10-,11?,13-/m0/s1. The van der Waals surface area contributed by atoms with E-state index < -0.39 is 0 Å². The minimum absolute atomic E-state index is 0.127. The molecule has 1 aromatic rings. The summed E-state index contributed by atoms with van der Waals surface area (Å²) in [5, 5.41) is 3.31. The topological polar surface area (TPSA) is 55.1 Å². The van der Waals surface area contributed by atoms with Gasteiger partial charge in [0.15, 0.2) is 0 Å². The van der Waals surface area contributed by atoms with E-state index in [2.05, 4.69) is 12.2 Å². The summed E-state index contributed by atoms with van der Waals surface area (Å²) in [6, 6.07) is 9.93. The largest absolute Gasteiger partial charge is 0.368 e. The molecule has 1 unspecified atom stereocenters. The summed E-state index contributed by atoms with van der Waals surface area (Å²) in [7, 11) is 0. The van der Waals surface area contributed by atoms with Gasteiger partial charge in [-0.1, -0.05) is 50.6 Å². The number of nitrogens with one attached hydrogen (secondary N) is 1. The zero-order valence-electron chi connectivity index (χ0n) is 10.8. The van der Waals surface area contributed by atoms with E-state index in [1.807, 2.05) is 44.2 Å². The van der Waals surface area contributed by atoms with Crippen LogP contribution in [0.4, 0.5) is 0 Å². The van der Waals surface area contributed by atoms with Crippen LogP contribution in [0, 0.1) is 5.92 Å². The highest BCUT2D eigenvalue weighted by atomic mass is 16.1. The minimum atomic E-state index is -0.276. The molecule has 1 aromatic carbocycles. The Hall–Kier alpha value is -1.35. The van der Waals surface area contributed by atoms with Gasteiger partial charge in [0, 0.05) is 6.04 Å². The van der Waals surface area contributed by atoms with Gasteiger partial charge >= 0.3 is 0 Å². The molecule has 0 bridgehead atoms. The van der Waals surface area contributed by atoms with Gasteiger partial charge in [-0.05, 0) is 18.4 Å². The van der Waals surface area contributed by atoms with Crippen LogP contribution in [0.2, 0.25) is 0 Å². The lowest BCUT2D eigenvalue weighted by Crippen LogP contribution is -2.46. The molecular weight excluding hydrogens is 212 g/mol. The van der Waals surface area contributed by atoms with Crippen molar-refractivity contribution in [2.24, 2.45) is 11.7 Å². The molecule has 1 amide bonds. The number of rotatable bonds is 6. The van der Waals surface area contributed by atoms with Gasteiger partial charge < -0.3 is 5.73 Å². The van der Waals surface area contributed by atoms with Gasteiger partial charge in [0.05, 0.1) is 6.04 Å². The molecule has 0 saturated carbocycles. The number of amides is 1. The fraction of sp³-hybridized carbons (Fsp3) is 0.500. The predicted octanol–water partition coefficient (Wildman–Crippen LogP) is 2.24. The number of hydrogen-bond acceptors (Lipinski definition) is 2. The van der Waals surface area contributed by atoms with E-state index in [4.69, 9.17) is 5.73 Å². The van der Waals surface area contributed by atoms with Gasteiger partial charge in [-0.25, -0.2) is 0 Å². The highest BCUT2D eigenvalue weighted by molar-refractivity contribution is 5.80. The summed E-state index contributed by atoms with van der Waals surface area (Å²) in [6.45, 7) is 6.16. The number of primary amides is 1. The lowest BCUT2D eigenvalue weighted by atomic mass is 9.96. The van der Waals surface area contributed by atoms with Crippen LogP contribution in [-0.4, -0.2) is 11.9 Å². The normalized spacial score (nSPS) is 16.2. The summed E-state index contributed by atoms with van der Waals surface area (Å²) in [4.78, 5) is 11.4. The lowest BCUT2D eigenvalue weighted by Gasteiger charge is -2.25. The summed E-state index contributed by atoms with van der Waals surface area (Å²) in [5.41, 5.74) is 6.61. The maximum Gasteiger partial charge on any atom is 0.234 e. The Balaban J connectivity index is 2.71. The van der Waals surface area contributed by atoms with E-state index in [9.17, 15) is 4.79 Å². The Morgan fingerprint density at radius 1 is 1.29 bits per heavy atom. The molecule has 0 radical (unpaired) electrons. The van der Waals surface area contributed by atoms with Crippen LogP contribution in [0.25, 0.3) is 0 Å². The van der Waals surface area contributed by atoms with Crippen LogP contribution < -0.4 is 11.1 Å². The second-order valence-corrected chi connectivity index (χ2v) is 4.56. The minimum Gasteiger partial charge on any atom is -0.368 e. The van der Waals surface area contributed by atoms with Gasteiger partial charge in [-0.3, -0.25) is 10.1 Å². The highest BCUT2D eigenvalue weighted by Crippen LogP contribution is 2.16. The second kappa shape index (κ2) is 6.40. The first-order chi connectivity index (χ1) is 8.06. The van der Waals surface area contributed by atoms with Gasteiger partial charge in [0.1, 0.15) is 0 Å². The van der Waals surface area contributed by atoms with Crippen LogP contribution in [0.5, 0.6) is 0 Å². The van der Waals surface area contributed by atoms with E-state index in [1.54, 1.807) is 0 Å². The summed E-state index contributed by atoms with van der Waals surface area (Å²) in [5.74, 6) is -0.0270. The van der Waals surface area contributed by atoms with Crippen molar-refractivity contribution in [3.05, 3.63) is 35.9 Å². The van der Waals surface area contributed by atoms with Crippen molar-refractivity contribution in [2.45, 2.75) is 39.3 Å². The predicted molar refractivity (Wildman–Crippen MR) is 70.4 cm³/mol. The van der Waals surface area contributed by atoms with E-state index in [-0.39, 0.29) is 23.9 Å². The first-order valence-electron chi connectivity index (χ1n) is 6.16. The van der Waals surface area contributed by atoms with Crippen LogP contribution in [-0.2, 0) is 4.79 Å². The van der Waals surface area contributed by atoms with E-state index >= 15 is 0 Å². The van der Waals surface area contributed by atoms with Crippen molar-refractivity contribution >= 4 is 5.91 Å². The van der Waals surface area contributed by atoms with E-state index in [0.29, 0.717) is 0 Å². The molecule has 17 heavy (non-hydrogen) atoms. The molecule has 0 aliphatic rings. The van der Waals surface area contributed by atoms with Crippen molar-refractivity contribution in [2.75, 3.05) is 0 Å². The Morgan fingerprint density at radius 2 is 1.88 bits per heavy atom. The highest BCUT2D eigenvalue weighted by Gasteiger charge is 2.23. The van der Waals surface area contributed by atoms with Crippen molar-refractivity contribution in [3.8, 4) is 0 Å². The fourth-order valence-corrected chi connectivity index (χ4v) is 1.87. The molecule has 3 nitrogen and oxygen atoms in total. The number of carbonyl (C=O) groups is 1. The van der Waals surface area contributed by atoms with Crippen LogP contribution in [0.3, 0.4) is 0 Å². The second-order valence-electron chi connectivity index (χ2n) is 4.56. The van der Waals surface area contributed by atoms with E-state index in [0.717, 1.165) is 6.42 Å². The maximum atomic E-state index is 11.4. The third kappa shape index (κ3) is 3.86. The third-order valence-electron chi connectivity index (χ3n) is 3.25. The fourth-order valence-electron chi connectivity index (χ4n) is 1.87. The first-order valence-corrected chi connectivity index (χ1v) is 6.16. The smallest absolute Gasteiger partial charge is 0.234 e. The number of nitrogens with two attached hydrogens (primary N) is 1. The average Bonchev–Trinajstić information content (AvgIpc) is 2.35. The molecular formula is C14H22N2O. The van der Waals surface area contributed by atoms with Crippen LogP contribution in [0.1, 0.15) is 38.8 Å². The van der Waals surface area contributed by atoms with Crippen LogP contribution in [0.15, 0.2) is 30.3 Å². The Labute approximate surface area is 103 Å². The third-order valence-corrected chi connectivity index (χ3v) is 3.25. The zero-order chi connectivity index (χ0) is 12.8. The Morgan fingerprint density at radius 3 is 2.35 bits per heavy atom. The van der Waals surface area contributed by atoms with Crippen molar-refractivity contribution in [3.63, 3.8) is 0 Å². The average molecular weight is 234 g/mol. The van der Waals surface area contributed by atoms with Gasteiger partial charge in [0.25, 0.3) is 0 Å². The number of carbonyl (C=O) groups excluding carboxylic acids is 1. The Bertz CT molecular complexity index is 350. The molecule has 3 N–H and O–H groups in total. The van der Waals surface area contributed by atoms with Gasteiger partial charge in [0.2, 0.25) is 5.91 Å². The monoisotopic (exact) mass is 234 g/mol. The molecule has 0 aliphatic heterocycles. The zero-order valence-corrected chi connectivity index (χ0v) is 10.8. The maximum absolute atomic E-state index is 11.4. The first kappa shape index (κ1) is 13.7. The molecule has 0 saturated heterocycles. The van der Waals surface area contributed by atoms with Gasteiger partial charge in [-0.2, -0.15) is 0 Å². The molecule has 0 fully saturated rings. The van der Waals surface area contributed by atoms with Crippen molar-refractivity contribution < 1.29 is 4.79 Å². The number of hydrogen-bond donors (Lipinski definition) is 2. The molecule has 3 atom stereocenters. The quantitative estimate of drug-likeness (QED) is 0.793. The molecule has 3 heteroatoms. The molecule has 1 rings (SSSR count). The van der Waals surface area contributed by atoms with Crippen LogP contribution >= 0.6 is 0 Å². The van der Waals surface area contributed by atoms with E-state index in [1.165, 1.54) is 5.56 Å². The summed E-state index contributed by atoms with van der Waals surface area (Å²) >= 11 is 0. The molecule has 0 spiro atoms. The summed E-state index contributed by atoms with van der Waals surface area (Å²) in [6.07, 6.45) is 0.933.